The van der Waals surface area contributed by atoms with Gasteiger partial charge in [-0.2, -0.15) is 0 Å². The van der Waals surface area contributed by atoms with Crippen molar-refractivity contribution in [2.45, 2.75) is 32.4 Å². The number of hydrogen-bond acceptors (Lipinski definition) is 3. The molecule has 0 aliphatic carbocycles. The van der Waals surface area contributed by atoms with Crippen molar-refractivity contribution in [2.75, 3.05) is 22.9 Å². The smallest absolute Gasteiger partial charge is 0.144 e. The van der Waals surface area contributed by atoms with E-state index in [1.165, 1.54) is 22.4 Å². The Bertz CT molecular complexity index is 939. The van der Waals surface area contributed by atoms with Gasteiger partial charge in [-0.25, -0.2) is 0 Å². The van der Waals surface area contributed by atoms with Gasteiger partial charge in [-0.3, -0.25) is 0 Å². The first kappa shape index (κ1) is 19.3. The van der Waals surface area contributed by atoms with Crippen LogP contribution in [-0.2, 0) is 17.8 Å². The number of anilines is 2. The zero-order valence-electron chi connectivity index (χ0n) is 17.0. The van der Waals surface area contributed by atoms with Crippen LogP contribution < -0.4 is 9.80 Å². The van der Waals surface area contributed by atoms with Gasteiger partial charge in [0.25, 0.3) is 0 Å². The molecule has 29 heavy (non-hydrogen) atoms. The summed E-state index contributed by atoms with van der Waals surface area (Å²) in [7, 11) is 0. The van der Waals surface area contributed by atoms with Crippen molar-refractivity contribution in [1.82, 2.24) is 0 Å². The Morgan fingerprint density at radius 1 is 1.00 bits per heavy atom. The Hall–Kier alpha value is -3.07. The Balaban J connectivity index is 1.61. The van der Waals surface area contributed by atoms with Gasteiger partial charge >= 0.3 is 0 Å². The van der Waals surface area contributed by atoms with Crippen LogP contribution in [0.3, 0.4) is 0 Å². The molecule has 1 aliphatic heterocycles. The molecule has 1 aliphatic rings. The van der Waals surface area contributed by atoms with Gasteiger partial charge < -0.3 is 14.6 Å². The van der Waals surface area contributed by atoms with E-state index in [0.29, 0.717) is 6.54 Å². The summed E-state index contributed by atoms with van der Waals surface area (Å²) in [5.41, 5.74) is 6.24. The summed E-state index contributed by atoms with van der Waals surface area (Å²) in [5, 5.41) is 0. The molecule has 1 atom stereocenters. The first-order valence-corrected chi connectivity index (χ1v) is 10.4. The standard InChI is InChI=1S/C26H28N2O/c1-21-14-15-26-23(17-21)11-8-16-28(26)25(20-29)19-27(24-12-6-3-7-13-24)18-22-9-4-2-5-10-22/h2-7,9-10,12-15,17,20,25H,8,11,16,18-19H2,1H3. The minimum Gasteiger partial charge on any atom is -0.365 e. The Morgan fingerprint density at radius 3 is 2.45 bits per heavy atom. The number of carbonyl (C=O) groups excluding carboxylic acids is 1. The van der Waals surface area contributed by atoms with Crippen LogP contribution in [0.25, 0.3) is 0 Å². The first-order valence-electron chi connectivity index (χ1n) is 10.4. The number of benzene rings is 3. The third-order valence-electron chi connectivity index (χ3n) is 5.69. The lowest BCUT2D eigenvalue weighted by Gasteiger charge is -2.38. The molecule has 3 nitrogen and oxygen atoms in total. The summed E-state index contributed by atoms with van der Waals surface area (Å²) in [4.78, 5) is 16.8. The zero-order chi connectivity index (χ0) is 20.1. The van der Waals surface area contributed by atoms with E-state index in [1.54, 1.807) is 0 Å². The van der Waals surface area contributed by atoms with E-state index in [4.69, 9.17) is 0 Å². The summed E-state index contributed by atoms with van der Waals surface area (Å²) in [6.07, 6.45) is 3.30. The van der Waals surface area contributed by atoms with Crippen LogP contribution in [0, 0.1) is 6.92 Å². The number of nitrogens with zero attached hydrogens (tertiary/aromatic N) is 2. The third kappa shape index (κ3) is 4.51. The molecule has 3 aromatic carbocycles. The molecule has 0 saturated heterocycles. The van der Waals surface area contributed by atoms with Gasteiger partial charge in [0.05, 0.1) is 0 Å². The molecule has 0 bridgehead atoms. The van der Waals surface area contributed by atoms with E-state index in [9.17, 15) is 4.79 Å². The minimum absolute atomic E-state index is 0.180. The molecule has 0 fully saturated rings. The predicted octanol–water partition coefficient (Wildman–Crippen LogP) is 5.02. The molecule has 0 N–H and O–H groups in total. The van der Waals surface area contributed by atoms with Crippen molar-refractivity contribution in [2.24, 2.45) is 0 Å². The van der Waals surface area contributed by atoms with Gasteiger partial charge in [-0.15, -0.1) is 0 Å². The van der Waals surface area contributed by atoms with Crippen LogP contribution in [-0.4, -0.2) is 25.4 Å². The van der Waals surface area contributed by atoms with Crippen molar-refractivity contribution in [1.29, 1.82) is 0 Å². The molecule has 4 rings (SSSR count). The normalized spacial score (nSPS) is 14.2. The SMILES string of the molecule is Cc1ccc2c(c1)CCCN2C(C=O)CN(Cc1ccccc1)c1ccccc1. The zero-order valence-corrected chi connectivity index (χ0v) is 17.0. The lowest BCUT2D eigenvalue weighted by atomic mass is 9.98. The molecule has 1 unspecified atom stereocenters. The molecule has 3 aromatic rings. The third-order valence-corrected chi connectivity index (χ3v) is 5.69. The van der Waals surface area contributed by atoms with Crippen molar-refractivity contribution in [3.63, 3.8) is 0 Å². The average Bonchev–Trinajstić information content (AvgIpc) is 2.77. The van der Waals surface area contributed by atoms with E-state index in [2.05, 4.69) is 83.5 Å². The highest BCUT2D eigenvalue weighted by atomic mass is 16.1. The predicted molar refractivity (Wildman–Crippen MR) is 121 cm³/mol. The lowest BCUT2D eigenvalue weighted by Crippen LogP contribution is -2.47. The molecule has 1 heterocycles. The molecule has 3 heteroatoms. The molecule has 148 valence electrons. The van der Waals surface area contributed by atoms with E-state index in [1.807, 2.05) is 12.1 Å². The van der Waals surface area contributed by atoms with E-state index in [-0.39, 0.29) is 6.04 Å². The quantitative estimate of drug-likeness (QED) is 0.534. The van der Waals surface area contributed by atoms with Crippen molar-refractivity contribution < 1.29 is 4.79 Å². The number of aldehydes is 1. The van der Waals surface area contributed by atoms with Crippen LogP contribution >= 0.6 is 0 Å². The van der Waals surface area contributed by atoms with Crippen molar-refractivity contribution in [3.05, 3.63) is 95.6 Å². The van der Waals surface area contributed by atoms with E-state index < -0.39 is 0 Å². The second kappa shape index (κ2) is 8.95. The number of rotatable bonds is 7. The van der Waals surface area contributed by atoms with Crippen LogP contribution in [0.15, 0.2) is 78.9 Å². The topological polar surface area (TPSA) is 23.6 Å². The summed E-state index contributed by atoms with van der Waals surface area (Å²) in [6, 6.07) is 27.3. The highest BCUT2D eigenvalue weighted by Crippen LogP contribution is 2.30. The molecular weight excluding hydrogens is 356 g/mol. The number of hydrogen-bond donors (Lipinski definition) is 0. The monoisotopic (exact) mass is 384 g/mol. The fourth-order valence-corrected chi connectivity index (χ4v) is 4.24. The van der Waals surface area contributed by atoms with Gasteiger partial charge in [0.2, 0.25) is 0 Å². The first-order chi connectivity index (χ1) is 14.2. The van der Waals surface area contributed by atoms with Crippen LogP contribution in [0.2, 0.25) is 0 Å². The van der Waals surface area contributed by atoms with Crippen molar-refractivity contribution in [3.8, 4) is 0 Å². The molecule has 0 saturated carbocycles. The van der Waals surface area contributed by atoms with Gasteiger partial charge in [-0.05, 0) is 49.1 Å². The Kier molecular flexibility index (Phi) is 5.95. The molecule has 0 spiro atoms. The van der Waals surface area contributed by atoms with Crippen LogP contribution in [0.4, 0.5) is 11.4 Å². The Labute approximate surface area is 173 Å². The fraction of sp³-hybridized carbons (Fsp3) is 0.269. The number of fused-ring (bicyclic) bond motifs is 1. The number of aryl methyl sites for hydroxylation is 2. The molecule has 0 amide bonds. The lowest BCUT2D eigenvalue weighted by molar-refractivity contribution is -0.108. The second-order valence-electron chi connectivity index (χ2n) is 7.83. The highest BCUT2D eigenvalue weighted by Gasteiger charge is 2.26. The Morgan fingerprint density at radius 2 is 1.72 bits per heavy atom. The number of para-hydroxylation sites is 1. The maximum atomic E-state index is 12.2. The number of carbonyl (C=O) groups is 1. The summed E-state index contributed by atoms with van der Waals surface area (Å²) < 4.78 is 0. The van der Waals surface area contributed by atoms with E-state index >= 15 is 0 Å². The van der Waals surface area contributed by atoms with Gasteiger partial charge in [0.1, 0.15) is 12.3 Å². The van der Waals surface area contributed by atoms with Gasteiger partial charge in [0, 0.05) is 31.0 Å². The van der Waals surface area contributed by atoms with E-state index in [0.717, 1.165) is 37.9 Å². The fourth-order valence-electron chi connectivity index (χ4n) is 4.24. The maximum absolute atomic E-state index is 12.2. The van der Waals surface area contributed by atoms with Gasteiger partial charge in [-0.1, -0.05) is 66.2 Å². The molecule has 0 aromatic heterocycles. The largest absolute Gasteiger partial charge is 0.365 e. The maximum Gasteiger partial charge on any atom is 0.144 e. The molecule has 0 radical (unpaired) electrons. The second-order valence-corrected chi connectivity index (χ2v) is 7.83. The average molecular weight is 385 g/mol. The summed E-state index contributed by atoms with van der Waals surface area (Å²) in [6.45, 7) is 4.50. The molecular formula is C26H28N2O. The van der Waals surface area contributed by atoms with Crippen LogP contribution in [0.5, 0.6) is 0 Å². The summed E-state index contributed by atoms with van der Waals surface area (Å²) in [5.74, 6) is 0. The van der Waals surface area contributed by atoms with Gasteiger partial charge in [0.15, 0.2) is 0 Å². The van der Waals surface area contributed by atoms with Crippen molar-refractivity contribution >= 4 is 17.7 Å². The highest BCUT2D eigenvalue weighted by molar-refractivity contribution is 5.70. The van der Waals surface area contributed by atoms with Crippen LogP contribution in [0.1, 0.15) is 23.1 Å². The minimum atomic E-state index is -0.180. The summed E-state index contributed by atoms with van der Waals surface area (Å²) >= 11 is 0.